The molecule has 0 unspecified atom stereocenters. The lowest BCUT2D eigenvalue weighted by molar-refractivity contribution is -0.161. The summed E-state index contributed by atoms with van der Waals surface area (Å²) >= 11 is 0. The third kappa shape index (κ3) is 9.94. The Morgan fingerprint density at radius 3 is 2.37 bits per heavy atom. The second-order valence-electron chi connectivity index (χ2n) is 15.6. The summed E-state index contributed by atoms with van der Waals surface area (Å²) in [6.07, 6.45) is -2.33. The molecule has 1 N–H and O–H groups in total. The van der Waals surface area contributed by atoms with Crippen LogP contribution in [0, 0.1) is 22.7 Å². The van der Waals surface area contributed by atoms with Gasteiger partial charge in [-0.15, -0.1) is 0 Å². The first-order chi connectivity index (χ1) is 24.1. The maximum atomic E-state index is 14.5. The maximum Gasteiger partial charge on any atom is 0.362 e. The van der Waals surface area contributed by atoms with Crippen molar-refractivity contribution in [2.24, 2.45) is 22.7 Å². The van der Waals surface area contributed by atoms with Crippen molar-refractivity contribution in [2.45, 2.75) is 105 Å². The molecule has 13 nitrogen and oxygen atoms in total. The van der Waals surface area contributed by atoms with Crippen LogP contribution < -0.4 is 14.2 Å². The summed E-state index contributed by atoms with van der Waals surface area (Å²) in [4.78, 5) is 61.0. The van der Waals surface area contributed by atoms with Gasteiger partial charge in [0.15, 0.2) is 5.78 Å². The van der Waals surface area contributed by atoms with E-state index >= 15 is 0 Å². The summed E-state index contributed by atoms with van der Waals surface area (Å²) in [6.45, 7) is 10.9. The highest BCUT2D eigenvalue weighted by Crippen LogP contribution is 2.58. The Hall–Kier alpha value is -3.92. The van der Waals surface area contributed by atoms with Crippen LogP contribution in [0.4, 0.5) is 8.78 Å². The average molecular weight is 754 g/mol. The normalized spacial score (nSPS) is 22.6. The van der Waals surface area contributed by atoms with Crippen molar-refractivity contribution in [2.75, 3.05) is 20.3 Å². The van der Waals surface area contributed by atoms with Crippen LogP contribution in [-0.4, -0.2) is 86.3 Å². The number of hydrogen-bond donors (Lipinski definition) is 1. The average Bonchev–Trinajstić information content (AvgIpc) is 3.59. The number of ether oxygens (including phenoxy) is 3. The van der Waals surface area contributed by atoms with E-state index in [-0.39, 0.29) is 37.6 Å². The largest absolute Gasteiger partial charge is 0.497 e. The molecule has 52 heavy (non-hydrogen) atoms. The van der Waals surface area contributed by atoms with Gasteiger partial charge in [-0.3, -0.25) is 19.2 Å². The van der Waals surface area contributed by atoms with E-state index in [1.54, 1.807) is 84.7 Å². The van der Waals surface area contributed by atoms with Crippen LogP contribution in [0.15, 0.2) is 30.5 Å². The number of methoxy groups -OCH3 is 1. The number of carbonyl (C=O) groups is 4. The molecular weight excluding hydrogens is 704 g/mol. The molecule has 0 radical (unpaired) electrons. The van der Waals surface area contributed by atoms with Gasteiger partial charge in [-0.1, -0.05) is 34.1 Å². The summed E-state index contributed by atoms with van der Waals surface area (Å²) in [6, 6.07) is 6.03. The number of benzene rings is 1. The Balaban J connectivity index is 1.65. The topological polar surface area (TPSA) is 168 Å². The number of ketones is 1. The predicted molar refractivity (Wildman–Crippen MR) is 186 cm³/mol. The van der Waals surface area contributed by atoms with Crippen molar-refractivity contribution in [3.63, 3.8) is 0 Å². The third-order valence-corrected chi connectivity index (χ3v) is 10.4. The van der Waals surface area contributed by atoms with Crippen molar-refractivity contribution in [1.82, 2.24) is 14.6 Å². The zero-order valence-corrected chi connectivity index (χ0v) is 31.7. The molecule has 1 aliphatic carbocycles. The molecule has 5 atom stereocenters. The summed E-state index contributed by atoms with van der Waals surface area (Å²) in [7, 11) is -3.33. The minimum absolute atomic E-state index is 0.0202. The molecular formula is C36H49F2N3O10S. The van der Waals surface area contributed by atoms with Gasteiger partial charge in [-0.05, 0) is 68.2 Å². The number of carbonyl (C=O) groups excluding carboxylic acids is 4. The number of Topliss-reactive ketones (excluding diaryl/α,β-unsaturated/α-hetero) is 1. The van der Waals surface area contributed by atoms with E-state index in [0.717, 1.165) is 5.39 Å². The number of esters is 1. The number of likely N-dealkylation sites (tertiary alicyclic amines) is 1. The highest BCUT2D eigenvalue weighted by Gasteiger charge is 2.61. The number of aromatic nitrogens is 1. The first kappa shape index (κ1) is 40.8. The molecule has 0 bridgehead atoms. The Morgan fingerprint density at radius 1 is 1.10 bits per heavy atom. The Morgan fingerprint density at radius 2 is 1.79 bits per heavy atom. The van der Waals surface area contributed by atoms with Crippen LogP contribution >= 0.6 is 0 Å². The van der Waals surface area contributed by atoms with Crippen molar-refractivity contribution in [1.29, 1.82) is 0 Å². The fourth-order valence-electron chi connectivity index (χ4n) is 6.76. The van der Waals surface area contributed by atoms with Gasteiger partial charge < -0.3 is 19.1 Å². The zero-order valence-electron chi connectivity index (χ0n) is 30.9. The summed E-state index contributed by atoms with van der Waals surface area (Å²) < 4.78 is 73.0. The number of fused-ring (bicyclic) bond motifs is 1. The van der Waals surface area contributed by atoms with Gasteiger partial charge in [-0.2, -0.15) is 8.42 Å². The van der Waals surface area contributed by atoms with Gasteiger partial charge in [0.2, 0.25) is 17.7 Å². The lowest BCUT2D eigenvalue weighted by atomic mass is 9.77. The monoisotopic (exact) mass is 753 g/mol. The van der Waals surface area contributed by atoms with Crippen molar-refractivity contribution in [3.8, 4) is 11.6 Å². The summed E-state index contributed by atoms with van der Waals surface area (Å²) in [5.41, 5.74) is -3.00. The first-order valence-electron chi connectivity index (χ1n) is 17.2. The number of alkyl halides is 2. The highest BCUT2D eigenvalue weighted by atomic mass is 32.2. The van der Waals surface area contributed by atoms with Gasteiger partial charge in [-0.25, -0.2) is 22.7 Å². The van der Waals surface area contributed by atoms with Crippen molar-refractivity contribution >= 4 is 44.6 Å². The molecule has 4 rings (SSSR count). The molecule has 1 saturated heterocycles. The Labute approximate surface area is 303 Å². The standard InChI is InChI=1S/C36H49F2N3O10S/c1-9-22-17-36(22,33(45)40-52(46,47)49-20-29(37)38)18-28(42)27-15-24(50-31-25-11-10-23(48-8)14-21(25)12-13-39-31)19-41(27)32(44)26(34(2,3)4)16-30(43)51-35(5,6)7/h10-14,22,24,26-27,29H,9,15-20H2,1-8H3,(H,40,45)/t22-,24-,26-,27+,36-/m1/s1. The summed E-state index contributed by atoms with van der Waals surface area (Å²) in [5, 5.41) is 1.45. The van der Waals surface area contributed by atoms with E-state index in [1.807, 2.05) is 6.07 Å². The van der Waals surface area contributed by atoms with Crippen LogP contribution in [0.2, 0.25) is 0 Å². The molecule has 2 fully saturated rings. The maximum absolute atomic E-state index is 14.5. The minimum Gasteiger partial charge on any atom is -0.497 e. The van der Waals surface area contributed by atoms with Crippen LogP contribution in [0.25, 0.3) is 10.8 Å². The van der Waals surface area contributed by atoms with Gasteiger partial charge >= 0.3 is 16.3 Å². The number of halogens is 2. The molecule has 2 heterocycles. The predicted octanol–water partition coefficient (Wildman–Crippen LogP) is 5.00. The highest BCUT2D eigenvalue weighted by molar-refractivity contribution is 7.85. The number of pyridine rings is 1. The zero-order chi connectivity index (χ0) is 38.8. The van der Waals surface area contributed by atoms with Crippen molar-refractivity contribution < 1.29 is 54.8 Å². The second-order valence-corrected chi connectivity index (χ2v) is 16.9. The summed E-state index contributed by atoms with van der Waals surface area (Å²) in [5.74, 6) is -3.02. The molecule has 1 aromatic heterocycles. The molecule has 1 aliphatic heterocycles. The number of amides is 2. The van der Waals surface area contributed by atoms with E-state index in [9.17, 15) is 36.4 Å². The van der Waals surface area contributed by atoms with E-state index in [1.165, 1.54) is 4.90 Å². The van der Waals surface area contributed by atoms with Crippen LogP contribution in [-0.2, 0) is 38.4 Å². The SMILES string of the molecule is CC[C@@H]1C[C@]1(CC(=O)[C@@H]1C[C@@H](Oc2nccc3cc(OC)ccc23)CN1C(=O)[C@@H](CC(=O)OC(C)(C)C)C(C)(C)C)C(=O)NS(=O)(=O)OCC(F)F. The van der Waals surface area contributed by atoms with Gasteiger partial charge in [0.25, 0.3) is 6.43 Å². The van der Waals surface area contributed by atoms with Gasteiger partial charge in [0, 0.05) is 24.4 Å². The second kappa shape index (κ2) is 15.6. The lowest BCUT2D eigenvalue weighted by Gasteiger charge is -2.35. The lowest BCUT2D eigenvalue weighted by Crippen LogP contribution is -2.49. The number of hydrogen-bond acceptors (Lipinski definition) is 11. The molecule has 288 valence electrons. The molecule has 2 aliphatic rings. The molecule has 16 heteroatoms. The quantitative estimate of drug-likeness (QED) is 0.243. The van der Waals surface area contributed by atoms with Crippen LogP contribution in [0.1, 0.15) is 80.6 Å². The molecule has 1 saturated carbocycles. The van der Waals surface area contributed by atoms with E-state index in [0.29, 0.717) is 17.6 Å². The molecule has 2 aromatic rings. The van der Waals surface area contributed by atoms with Crippen LogP contribution in [0.5, 0.6) is 11.6 Å². The van der Waals surface area contributed by atoms with E-state index in [4.69, 9.17) is 14.2 Å². The fourth-order valence-corrected chi connectivity index (χ4v) is 7.53. The van der Waals surface area contributed by atoms with Gasteiger partial charge in [0.05, 0.1) is 37.5 Å². The smallest absolute Gasteiger partial charge is 0.362 e. The minimum atomic E-state index is -4.88. The van der Waals surface area contributed by atoms with Crippen molar-refractivity contribution in [3.05, 3.63) is 30.5 Å². The Bertz CT molecular complexity index is 1780. The Kier molecular flexibility index (Phi) is 12.2. The first-order valence-corrected chi connectivity index (χ1v) is 18.6. The van der Waals surface area contributed by atoms with E-state index < -0.39 is 87.8 Å². The fraction of sp³-hybridized carbons (Fsp3) is 0.639. The van der Waals surface area contributed by atoms with E-state index in [2.05, 4.69) is 9.17 Å². The molecule has 0 spiro atoms. The van der Waals surface area contributed by atoms with Crippen LogP contribution in [0.3, 0.4) is 0 Å². The number of rotatable bonds is 15. The molecule has 1 aromatic carbocycles. The number of nitrogens with one attached hydrogen (secondary N) is 1. The van der Waals surface area contributed by atoms with Gasteiger partial charge in [0.1, 0.15) is 24.1 Å². The molecule has 2 amide bonds. The third-order valence-electron chi connectivity index (χ3n) is 9.50. The number of nitrogens with zero attached hydrogens (tertiary/aromatic N) is 2.